The van der Waals surface area contributed by atoms with Gasteiger partial charge in [0, 0.05) is 33.3 Å². The zero-order chi connectivity index (χ0) is 11.5. The first kappa shape index (κ1) is 11.3. The molecule has 1 aliphatic rings. The van der Waals surface area contributed by atoms with Gasteiger partial charge in [-0.3, -0.25) is 9.48 Å². The molecule has 1 fully saturated rings. The van der Waals surface area contributed by atoms with E-state index in [4.69, 9.17) is 4.74 Å². The van der Waals surface area contributed by atoms with Gasteiger partial charge in [-0.05, 0) is 12.0 Å². The summed E-state index contributed by atoms with van der Waals surface area (Å²) >= 11 is 0. The average Bonchev–Trinajstić information content (AvgIpc) is 2.87. The van der Waals surface area contributed by atoms with Crippen LogP contribution in [0.1, 0.15) is 12.0 Å². The Labute approximate surface area is 94.8 Å². The molecule has 0 aliphatic carbocycles. The van der Waals surface area contributed by atoms with Gasteiger partial charge in [0.2, 0.25) is 0 Å². The Bertz CT molecular complexity index is 375. The molecule has 1 aliphatic heterocycles. The molecule has 1 saturated heterocycles. The minimum Gasteiger partial charge on any atom is -0.380 e. The Kier molecular flexibility index (Phi) is 3.36. The number of aromatic nitrogens is 2. The summed E-state index contributed by atoms with van der Waals surface area (Å²) in [6.45, 7) is 0.764. The van der Waals surface area contributed by atoms with Crippen LogP contribution in [0.15, 0.2) is 12.4 Å². The molecule has 1 aromatic rings. The van der Waals surface area contributed by atoms with E-state index in [0.29, 0.717) is 6.42 Å². The zero-order valence-corrected chi connectivity index (χ0v) is 9.64. The molecule has 1 N–H and O–H groups in total. The molecule has 5 nitrogen and oxygen atoms in total. The molecule has 0 radical (unpaired) electrons. The van der Waals surface area contributed by atoms with Crippen molar-refractivity contribution < 1.29 is 9.53 Å². The first-order chi connectivity index (χ1) is 7.69. The minimum absolute atomic E-state index is 0.0647. The molecular weight excluding hydrogens is 206 g/mol. The Morgan fingerprint density at radius 2 is 2.56 bits per heavy atom. The molecule has 2 rings (SSSR count). The maximum absolute atomic E-state index is 11.9. The summed E-state index contributed by atoms with van der Waals surface area (Å²) < 4.78 is 6.93. The highest BCUT2D eigenvalue weighted by atomic mass is 16.5. The fourth-order valence-corrected chi connectivity index (χ4v) is 2.02. The van der Waals surface area contributed by atoms with E-state index in [0.717, 1.165) is 18.5 Å². The van der Waals surface area contributed by atoms with Crippen LogP contribution < -0.4 is 5.32 Å². The van der Waals surface area contributed by atoms with Gasteiger partial charge in [-0.25, -0.2) is 0 Å². The fraction of sp³-hybridized carbons (Fsp3) is 0.636. The van der Waals surface area contributed by atoms with Gasteiger partial charge in [-0.1, -0.05) is 0 Å². The quantitative estimate of drug-likeness (QED) is 0.775. The third kappa shape index (κ3) is 2.48. The summed E-state index contributed by atoms with van der Waals surface area (Å²) in [5.41, 5.74) is 0.968. The van der Waals surface area contributed by atoms with Crippen molar-refractivity contribution in [2.45, 2.75) is 25.0 Å². The smallest absolute Gasteiger partial charge is 0.154 e. The maximum Gasteiger partial charge on any atom is 0.154 e. The molecular formula is C11H17N3O2. The predicted octanol–water partition coefficient (Wildman–Crippen LogP) is -0.0914. The lowest BCUT2D eigenvalue weighted by molar-refractivity contribution is -0.120. The second-order valence-electron chi connectivity index (χ2n) is 4.22. The summed E-state index contributed by atoms with van der Waals surface area (Å²) in [6, 6.07) is -0.0647. The van der Waals surface area contributed by atoms with E-state index in [1.54, 1.807) is 18.0 Å². The first-order valence-corrected chi connectivity index (χ1v) is 5.45. The van der Waals surface area contributed by atoms with Crippen LogP contribution in [0.5, 0.6) is 0 Å². The molecule has 5 heteroatoms. The number of ether oxygens (including phenoxy) is 1. The molecule has 1 aromatic heterocycles. The number of hydrogen-bond donors (Lipinski definition) is 1. The summed E-state index contributed by atoms with van der Waals surface area (Å²) in [4.78, 5) is 11.9. The van der Waals surface area contributed by atoms with Crippen LogP contribution in [-0.2, 0) is 23.0 Å². The molecule has 88 valence electrons. The SMILES string of the molecule is COC1CNC(C(=O)Cc2cnn(C)c2)C1. The van der Waals surface area contributed by atoms with Crippen molar-refractivity contribution in [2.24, 2.45) is 7.05 Å². The Morgan fingerprint density at radius 3 is 3.12 bits per heavy atom. The molecule has 16 heavy (non-hydrogen) atoms. The highest BCUT2D eigenvalue weighted by molar-refractivity contribution is 5.86. The number of ketones is 1. The highest BCUT2D eigenvalue weighted by Gasteiger charge is 2.29. The lowest BCUT2D eigenvalue weighted by Crippen LogP contribution is -2.31. The number of carbonyl (C=O) groups is 1. The zero-order valence-electron chi connectivity index (χ0n) is 9.64. The number of rotatable bonds is 4. The van der Waals surface area contributed by atoms with Crippen LogP contribution in [0.3, 0.4) is 0 Å². The van der Waals surface area contributed by atoms with E-state index in [2.05, 4.69) is 10.4 Å². The molecule has 0 aromatic carbocycles. The van der Waals surface area contributed by atoms with Gasteiger partial charge >= 0.3 is 0 Å². The molecule has 2 atom stereocenters. The van der Waals surface area contributed by atoms with Crippen LogP contribution in [-0.4, -0.2) is 41.4 Å². The molecule has 2 unspecified atom stereocenters. The molecule has 0 amide bonds. The molecule has 0 spiro atoms. The van der Waals surface area contributed by atoms with Crippen LogP contribution in [0.25, 0.3) is 0 Å². The minimum atomic E-state index is -0.0647. The molecule has 0 bridgehead atoms. The van der Waals surface area contributed by atoms with E-state index in [1.807, 2.05) is 13.2 Å². The lowest BCUT2D eigenvalue weighted by atomic mass is 10.0. The van der Waals surface area contributed by atoms with Crippen LogP contribution in [0.2, 0.25) is 0 Å². The van der Waals surface area contributed by atoms with E-state index >= 15 is 0 Å². The van der Waals surface area contributed by atoms with Crippen LogP contribution in [0.4, 0.5) is 0 Å². The van der Waals surface area contributed by atoms with Crippen molar-refractivity contribution in [3.63, 3.8) is 0 Å². The summed E-state index contributed by atoms with van der Waals surface area (Å²) in [6.07, 6.45) is 5.00. The van der Waals surface area contributed by atoms with Crippen molar-refractivity contribution in [2.75, 3.05) is 13.7 Å². The van der Waals surface area contributed by atoms with Crippen molar-refractivity contribution in [3.05, 3.63) is 18.0 Å². The van der Waals surface area contributed by atoms with Crippen molar-refractivity contribution in [1.82, 2.24) is 15.1 Å². The Hall–Kier alpha value is -1.20. The number of nitrogens with zero attached hydrogens (tertiary/aromatic N) is 2. The van der Waals surface area contributed by atoms with Crippen molar-refractivity contribution in [3.8, 4) is 0 Å². The predicted molar refractivity (Wildman–Crippen MR) is 59.1 cm³/mol. The van der Waals surface area contributed by atoms with E-state index in [1.165, 1.54) is 0 Å². The monoisotopic (exact) mass is 223 g/mol. The van der Waals surface area contributed by atoms with Gasteiger partial charge in [0.25, 0.3) is 0 Å². The Morgan fingerprint density at radius 1 is 1.75 bits per heavy atom. The second-order valence-corrected chi connectivity index (χ2v) is 4.22. The van der Waals surface area contributed by atoms with E-state index in [9.17, 15) is 4.79 Å². The molecule has 2 heterocycles. The normalized spacial score (nSPS) is 24.9. The van der Waals surface area contributed by atoms with Gasteiger partial charge in [0.05, 0.1) is 18.3 Å². The summed E-state index contributed by atoms with van der Waals surface area (Å²) in [7, 11) is 3.53. The summed E-state index contributed by atoms with van der Waals surface area (Å²) in [5.74, 6) is 0.215. The highest BCUT2D eigenvalue weighted by Crippen LogP contribution is 2.12. The second kappa shape index (κ2) is 4.76. The van der Waals surface area contributed by atoms with Crippen LogP contribution in [0, 0.1) is 0 Å². The topological polar surface area (TPSA) is 56.1 Å². The first-order valence-electron chi connectivity index (χ1n) is 5.45. The van der Waals surface area contributed by atoms with Crippen LogP contribution >= 0.6 is 0 Å². The largest absolute Gasteiger partial charge is 0.380 e. The number of nitrogens with one attached hydrogen (secondary N) is 1. The Balaban J connectivity index is 1.89. The number of carbonyl (C=O) groups excluding carboxylic acids is 1. The van der Waals surface area contributed by atoms with Gasteiger partial charge in [-0.15, -0.1) is 0 Å². The number of hydrogen-bond acceptors (Lipinski definition) is 4. The van der Waals surface area contributed by atoms with Gasteiger partial charge in [0.15, 0.2) is 5.78 Å². The van der Waals surface area contributed by atoms with Gasteiger partial charge in [-0.2, -0.15) is 5.10 Å². The summed E-state index contributed by atoms with van der Waals surface area (Å²) in [5, 5.41) is 7.23. The van der Waals surface area contributed by atoms with Crippen molar-refractivity contribution in [1.29, 1.82) is 0 Å². The third-order valence-corrected chi connectivity index (χ3v) is 2.95. The number of aryl methyl sites for hydroxylation is 1. The molecule has 0 saturated carbocycles. The fourth-order valence-electron chi connectivity index (χ4n) is 2.02. The average molecular weight is 223 g/mol. The maximum atomic E-state index is 11.9. The van der Waals surface area contributed by atoms with Crippen molar-refractivity contribution >= 4 is 5.78 Å². The van der Waals surface area contributed by atoms with Gasteiger partial charge < -0.3 is 10.1 Å². The third-order valence-electron chi connectivity index (χ3n) is 2.95. The van der Waals surface area contributed by atoms with E-state index < -0.39 is 0 Å². The lowest BCUT2D eigenvalue weighted by Gasteiger charge is -2.07. The number of methoxy groups -OCH3 is 1. The standard InChI is InChI=1S/C11H17N3O2/c1-14-7-8(5-13-14)3-11(15)10-4-9(16-2)6-12-10/h5,7,9-10,12H,3-4,6H2,1-2H3. The van der Waals surface area contributed by atoms with E-state index in [-0.39, 0.29) is 17.9 Å². The van der Waals surface area contributed by atoms with Gasteiger partial charge in [0.1, 0.15) is 0 Å². The number of Topliss-reactive ketones (excluding diaryl/α,β-unsaturated/α-hetero) is 1.